The van der Waals surface area contributed by atoms with E-state index in [0.717, 1.165) is 6.42 Å². The molecule has 0 saturated carbocycles. The van der Waals surface area contributed by atoms with Gasteiger partial charge in [0.1, 0.15) is 11.6 Å². The average molecular weight is 359 g/mol. The van der Waals surface area contributed by atoms with Crippen LogP contribution in [0, 0.1) is 17.2 Å². The van der Waals surface area contributed by atoms with Crippen molar-refractivity contribution < 1.29 is 9.47 Å². The van der Waals surface area contributed by atoms with Crippen molar-refractivity contribution in [2.45, 2.75) is 25.4 Å². The van der Waals surface area contributed by atoms with Crippen molar-refractivity contribution in [3.05, 3.63) is 34.1 Å². The summed E-state index contributed by atoms with van der Waals surface area (Å²) in [6.45, 7) is 4.81. The molecule has 0 aliphatic heterocycles. The van der Waals surface area contributed by atoms with Crippen LogP contribution in [0.5, 0.6) is 11.5 Å². The van der Waals surface area contributed by atoms with Gasteiger partial charge in [-0.25, -0.2) is 4.98 Å². The summed E-state index contributed by atoms with van der Waals surface area (Å²) in [4.78, 5) is 19.1. The van der Waals surface area contributed by atoms with Gasteiger partial charge < -0.3 is 14.5 Å². The zero-order chi connectivity index (χ0) is 18.4. The number of H-pyrrole nitrogens is 1. The molecule has 2 rings (SSSR count). The molecule has 0 aliphatic rings. The van der Waals surface area contributed by atoms with Crippen molar-refractivity contribution in [2.75, 3.05) is 20.0 Å². The van der Waals surface area contributed by atoms with Crippen LogP contribution in [-0.2, 0) is 0 Å². The highest BCUT2D eigenvalue weighted by atomic mass is 32.2. The molecule has 132 valence electrons. The third-order valence-corrected chi connectivity index (χ3v) is 4.17. The first-order valence-corrected chi connectivity index (χ1v) is 9.12. The van der Waals surface area contributed by atoms with Gasteiger partial charge in [0, 0.05) is 5.56 Å². The van der Waals surface area contributed by atoms with Gasteiger partial charge in [-0.05, 0) is 36.8 Å². The van der Waals surface area contributed by atoms with Crippen molar-refractivity contribution in [1.29, 1.82) is 5.26 Å². The van der Waals surface area contributed by atoms with Crippen molar-refractivity contribution in [3.63, 3.8) is 0 Å². The maximum Gasteiger partial charge on any atom is 0.270 e. The molecule has 1 aromatic heterocycles. The molecule has 1 N–H and O–H groups in total. The third-order valence-electron chi connectivity index (χ3n) is 3.59. The molecule has 0 fully saturated rings. The highest BCUT2D eigenvalue weighted by Gasteiger charge is 2.15. The van der Waals surface area contributed by atoms with Crippen LogP contribution in [0.1, 0.15) is 25.8 Å². The van der Waals surface area contributed by atoms with Crippen LogP contribution in [0.4, 0.5) is 0 Å². The van der Waals surface area contributed by atoms with Gasteiger partial charge in [-0.2, -0.15) is 5.26 Å². The number of benzene rings is 1. The maximum absolute atomic E-state index is 12.1. The summed E-state index contributed by atoms with van der Waals surface area (Å²) >= 11 is 1.31. The van der Waals surface area contributed by atoms with Crippen molar-refractivity contribution in [2.24, 2.45) is 5.92 Å². The fourth-order valence-corrected chi connectivity index (χ4v) is 2.58. The fourth-order valence-electron chi connectivity index (χ4n) is 2.20. The summed E-state index contributed by atoms with van der Waals surface area (Å²) in [7, 11) is 1.57. The van der Waals surface area contributed by atoms with E-state index in [4.69, 9.17) is 9.47 Å². The Labute approximate surface area is 151 Å². The average Bonchev–Trinajstić information content (AvgIpc) is 2.60. The number of nitrogens with one attached hydrogen (secondary N) is 1. The highest BCUT2D eigenvalue weighted by molar-refractivity contribution is 7.98. The molecule has 0 saturated heterocycles. The molecule has 1 heterocycles. The molecule has 6 nitrogen and oxygen atoms in total. The molecule has 25 heavy (non-hydrogen) atoms. The van der Waals surface area contributed by atoms with Crippen molar-refractivity contribution in [3.8, 4) is 28.8 Å². The standard InChI is InChI=1S/C18H21N3O3S/c1-11(2)7-8-24-15-9-12(5-6-14(15)23-3)16-13(10-19)17(22)21-18(20-16)25-4/h5-6,9,11H,7-8H2,1-4H3,(H,20,21,22). The van der Waals surface area contributed by atoms with Crippen LogP contribution in [-0.4, -0.2) is 29.9 Å². The van der Waals surface area contributed by atoms with Gasteiger partial charge in [-0.1, -0.05) is 25.6 Å². The Hall–Kier alpha value is -2.46. The van der Waals surface area contributed by atoms with Crippen LogP contribution in [0.15, 0.2) is 28.2 Å². The quantitative estimate of drug-likeness (QED) is 0.601. The zero-order valence-corrected chi connectivity index (χ0v) is 15.6. The Morgan fingerprint density at radius 3 is 2.72 bits per heavy atom. The first-order valence-electron chi connectivity index (χ1n) is 7.89. The van der Waals surface area contributed by atoms with Crippen LogP contribution in [0.2, 0.25) is 0 Å². The Morgan fingerprint density at radius 1 is 1.36 bits per heavy atom. The van der Waals surface area contributed by atoms with Crippen LogP contribution < -0.4 is 15.0 Å². The van der Waals surface area contributed by atoms with Crippen LogP contribution in [0.25, 0.3) is 11.3 Å². The normalized spacial score (nSPS) is 10.6. The van der Waals surface area contributed by atoms with E-state index in [1.807, 2.05) is 12.3 Å². The summed E-state index contributed by atoms with van der Waals surface area (Å²) in [5.41, 5.74) is 0.510. The van der Waals surface area contributed by atoms with E-state index in [1.54, 1.807) is 25.3 Å². The topological polar surface area (TPSA) is 88.0 Å². The second kappa shape index (κ2) is 8.58. The van der Waals surface area contributed by atoms with Gasteiger partial charge in [0.2, 0.25) is 0 Å². The predicted octanol–water partition coefficient (Wildman–Crippen LogP) is 3.46. The third kappa shape index (κ3) is 4.54. The van der Waals surface area contributed by atoms with Crippen LogP contribution in [0.3, 0.4) is 0 Å². The molecule has 2 aromatic rings. The van der Waals surface area contributed by atoms with Gasteiger partial charge in [0.05, 0.1) is 19.4 Å². The number of nitrogens with zero attached hydrogens (tertiary/aromatic N) is 2. The molecule has 7 heteroatoms. The molecule has 1 aromatic carbocycles. The van der Waals surface area contributed by atoms with E-state index in [-0.39, 0.29) is 5.56 Å². The van der Waals surface area contributed by atoms with Crippen molar-refractivity contribution >= 4 is 11.8 Å². The lowest BCUT2D eigenvalue weighted by Gasteiger charge is -2.13. The molecule has 0 amide bonds. The first-order chi connectivity index (χ1) is 12.0. The molecular formula is C18H21N3O3S. The second-order valence-corrected chi connectivity index (χ2v) is 6.60. The minimum absolute atomic E-state index is 0.0175. The van der Waals surface area contributed by atoms with Gasteiger partial charge in [0.25, 0.3) is 5.56 Å². The number of thioether (sulfide) groups is 1. The maximum atomic E-state index is 12.1. The molecule has 0 unspecified atom stereocenters. The van der Waals surface area contributed by atoms with Gasteiger partial charge in [-0.3, -0.25) is 4.79 Å². The lowest BCUT2D eigenvalue weighted by molar-refractivity contribution is 0.273. The molecular weight excluding hydrogens is 338 g/mol. The Kier molecular flexibility index (Phi) is 6.48. The van der Waals surface area contributed by atoms with E-state index in [2.05, 4.69) is 23.8 Å². The van der Waals surface area contributed by atoms with E-state index < -0.39 is 5.56 Å². The monoisotopic (exact) mass is 359 g/mol. The minimum Gasteiger partial charge on any atom is -0.493 e. The Balaban J connectivity index is 2.48. The van der Waals surface area contributed by atoms with Gasteiger partial charge >= 0.3 is 0 Å². The lowest BCUT2D eigenvalue weighted by atomic mass is 10.1. The van der Waals surface area contributed by atoms with Gasteiger partial charge in [0.15, 0.2) is 16.7 Å². The molecule has 0 atom stereocenters. The van der Waals surface area contributed by atoms with E-state index >= 15 is 0 Å². The zero-order valence-electron chi connectivity index (χ0n) is 14.8. The Morgan fingerprint density at radius 2 is 2.12 bits per heavy atom. The minimum atomic E-state index is -0.449. The number of aromatic nitrogens is 2. The van der Waals surface area contributed by atoms with E-state index in [0.29, 0.717) is 40.4 Å². The summed E-state index contributed by atoms with van der Waals surface area (Å²) < 4.78 is 11.2. The van der Waals surface area contributed by atoms with E-state index in [1.165, 1.54) is 11.8 Å². The first kappa shape index (κ1) is 18.9. The number of methoxy groups -OCH3 is 1. The second-order valence-electron chi connectivity index (χ2n) is 5.81. The summed E-state index contributed by atoms with van der Waals surface area (Å²) in [5, 5.41) is 9.78. The largest absolute Gasteiger partial charge is 0.493 e. The predicted molar refractivity (Wildman–Crippen MR) is 98.3 cm³/mol. The Bertz CT molecular complexity index is 840. The number of hydrogen-bond acceptors (Lipinski definition) is 6. The summed E-state index contributed by atoms with van der Waals surface area (Å²) in [6.07, 6.45) is 2.72. The molecule has 0 radical (unpaired) electrons. The smallest absolute Gasteiger partial charge is 0.270 e. The fraction of sp³-hybridized carbons (Fsp3) is 0.389. The molecule has 0 bridgehead atoms. The van der Waals surface area contributed by atoms with Crippen LogP contribution >= 0.6 is 11.8 Å². The molecule has 0 aliphatic carbocycles. The number of nitriles is 1. The highest BCUT2D eigenvalue weighted by Crippen LogP contribution is 2.33. The lowest BCUT2D eigenvalue weighted by Crippen LogP contribution is -2.14. The summed E-state index contributed by atoms with van der Waals surface area (Å²) in [6, 6.07) is 7.21. The van der Waals surface area contributed by atoms with Gasteiger partial charge in [-0.15, -0.1) is 0 Å². The van der Waals surface area contributed by atoms with E-state index in [9.17, 15) is 10.1 Å². The number of hydrogen-bond donors (Lipinski definition) is 1. The number of aromatic amines is 1. The number of rotatable bonds is 7. The summed E-state index contributed by atoms with van der Waals surface area (Å²) in [5.74, 6) is 1.69. The SMILES string of the molecule is COc1ccc(-c2nc(SC)[nH]c(=O)c2C#N)cc1OCCC(C)C. The molecule has 0 spiro atoms. The van der Waals surface area contributed by atoms with Crippen molar-refractivity contribution in [1.82, 2.24) is 9.97 Å². The number of ether oxygens (including phenoxy) is 2.